The number of nitrogens with zero attached hydrogens (tertiary/aromatic N) is 2. The van der Waals surface area contributed by atoms with Crippen molar-refractivity contribution in [1.29, 1.82) is 0 Å². The van der Waals surface area contributed by atoms with Gasteiger partial charge in [0.15, 0.2) is 11.1 Å². The Bertz CT molecular complexity index is 738. The molecule has 0 saturated carbocycles. The maximum Gasteiger partial charge on any atom is 0.311 e. The standard InChI is InChI=1S/C16H20N4O4S/c1-22-12-5-4-6-13(23-2)11(12)8-18-15(17)20-16-19-10(9-25-16)7-14(21)24-3/h4-6,9H,7-8H2,1-3H3,(H3,17,18,19,20). The van der Waals surface area contributed by atoms with Gasteiger partial charge in [-0.05, 0) is 12.1 Å². The second-order valence-electron chi connectivity index (χ2n) is 4.86. The van der Waals surface area contributed by atoms with Crippen LogP contribution in [-0.4, -0.2) is 38.2 Å². The van der Waals surface area contributed by atoms with Crippen LogP contribution in [0.25, 0.3) is 0 Å². The molecule has 0 aliphatic carbocycles. The maximum atomic E-state index is 11.2. The smallest absolute Gasteiger partial charge is 0.311 e. The molecule has 0 amide bonds. The molecule has 0 saturated heterocycles. The summed E-state index contributed by atoms with van der Waals surface area (Å²) in [6.45, 7) is 0.284. The van der Waals surface area contributed by atoms with Crippen molar-refractivity contribution in [1.82, 2.24) is 4.98 Å². The number of ether oxygens (including phenoxy) is 3. The van der Waals surface area contributed by atoms with Crippen molar-refractivity contribution in [2.24, 2.45) is 10.7 Å². The third-order valence-corrected chi connectivity index (χ3v) is 4.08. The summed E-state index contributed by atoms with van der Waals surface area (Å²) in [6, 6.07) is 5.50. The van der Waals surface area contributed by atoms with Gasteiger partial charge >= 0.3 is 5.97 Å². The number of aliphatic imine (C=N–C) groups is 1. The fourth-order valence-electron chi connectivity index (χ4n) is 2.06. The number of hydrogen-bond acceptors (Lipinski definition) is 7. The molecule has 0 bridgehead atoms. The van der Waals surface area contributed by atoms with E-state index in [1.807, 2.05) is 18.2 Å². The van der Waals surface area contributed by atoms with E-state index in [2.05, 4.69) is 20.0 Å². The summed E-state index contributed by atoms with van der Waals surface area (Å²) < 4.78 is 15.3. The summed E-state index contributed by atoms with van der Waals surface area (Å²) in [5.41, 5.74) is 7.31. The Hall–Kier alpha value is -2.81. The lowest BCUT2D eigenvalue weighted by Gasteiger charge is -2.11. The maximum absolute atomic E-state index is 11.2. The lowest BCUT2D eigenvalue weighted by molar-refractivity contribution is -0.139. The van der Waals surface area contributed by atoms with E-state index < -0.39 is 0 Å². The molecule has 0 unspecified atom stereocenters. The van der Waals surface area contributed by atoms with Crippen LogP contribution in [0, 0.1) is 0 Å². The van der Waals surface area contributed by atoms with Crippen molar-refractivity contribution in [3.63, 3.8) is 0 Å². The van der Waals surface area contributed by atoms with E-state index >= 15 is 0 Å². The Morgan fingerprint density at radius 3 is 2.56 bits per heavy atom. The zero-order chi connectivity index (χ0) is 18.2. The average Bonchev–Trinajstić information content (AvgIpc) is 3.05. The van der Waals surface area contributed by atoms with Crippen LogP contribution in [0.3, 0.4) is 0 Å². The van der Waals surface area contributed by atoms with Gasteiger partial charge < -0.3 is 25.3 Å². The predicted octanol–water partition coefficient (Wildman–Crippen LogP) is 1.80. The summed E-state index contributed by atoms with van der Waals surface area (Å²) in [5.74, 6) is 1.20. The van der Waals surface area contributed by atoms with Crippen LogP contribution in [0.15, 0.2) is 28.6 Å². The highest BCUT2D eigenvalue weighted by atomic mass is 32.1. The molecular formula is C16H20N4O4S. The average molecular weight is 364 g/mol. The summed E-state index contributed by atoms with van der Waals surface area (Å²) in [7, 11) is 4.51. The van der Waals surface area contributed by atoms with Crippen molar-refractivity contribution in [2.45, 2.75) is 13.0 Å². The molecule has 1 aromatic carbocycles. The second kappa shape index (κ2) is 8.88. The van der Waals surface area contributed by atoms with Crippen LogP contribution in [-0.2, 0) is 22.5 Å². The molecule has 1 heterocycles. The highest BCUT2D eigenvalue weighted by Crippen LogP contribution is 2.28. The van der Waals surface area contributed by atoms with Crippen LogP contribution in [0.2, 0.25) is 0 Å². The summed E-state index contributed by atoms with van der Waals surface area (Å²) in [6.07, 6.45) is 0.115. The zero-order valence-corrected chi connectivity index (χ0v) is 15.1. The molecule has 2 aromatic rings. The monoisotopic (exact) mass is 364 g/mol. The fourth-order valence-corrected chi connectivity index (χ4v) is 2.78. The minimum Gasteiger partial charge on any atom is -0.496 e. The Morgan fingerprint density at radius 2 is 1.96 bits per heavy atom. The molecule has 1 aromatic heterocycles. The van der Waals surface area contributed by atoms with Gasteiger partial charge in [0.2, 0.25) is 0 Å². The van der Waals surface area contributed by atoms with E-state index in [9.17, 15) is 4.79 Å². The summed E-state index contributed by atoms with van der Waals surface area (Å²) in [4.78, 5) is 19.8. The SMILES string of the molecule is COC(=O)Cc1csc(NC(N)=NCc2c(OC)cccc2OC)n1. The predicted molar refractivity (Wildman–Crippen MR) is 96.3 cm³/mol. The van der Waals surface area contributed by atoms with Crippen molar-refractivity contribution >= 4 is 28.4 Å². The number of methoxy groups -OCH3 is 3. The molecule has 0 atom stereocenters. The minimum atomic E-state index is -0.346. The molecule has 0 aliphatic rings. The molecule has 3 N–H and O–H groups in total. The number of thiazole rings is 1. The first kappa shape index (κ1) is 18.5. The third kappa shape index (κ3) is 5.08. The fraction of sp³-hybridized carbons (Fsp3) is 0.312. The molecule has 9 heteroatoms. The van der Waals surface area contributed by atoms with Gasteiger partial charge in [0, 0.05) is 5.38 Å². The van der Waals surface area contributed by atoms with Crippen LogP contribution in [0.5, 0.6) is 11.5 Å². The number of nitrogens with two attached hydrogens (primary N) is 1. The van der Waals surface area contributed by atoms with Gasteiger partial charge in [-0.25, -0.2) is 9.98 Å². The first-order valence-corrected chi connectivity index (χ1v) is 8.23. The molecular weight excluding hydrogens is 344 g/mol. The number of anilines is 1. The van der Waals surface area contributed by atoms with Gasteiger partial charge in [-0.2, -0.15) is 0 Å². The minimum absolute atomic E-state index is 0.115. The van der Waals surface area contributed by atoms with E-state index in [4.69, 9.17) is 15.2 Å². The van der Waals surface area contributed by atoms with E-state index in [0.29, 0.717) is 22.3 Å². The van der Waals surface area contributed by atoms with Crippen molar-refractivity contribution < 1.29 is 19.0 Å². The Labute approximate surface area is 149 Å². The second-order valence-corrected chi connectivity index (χ2v) is 5.72. The first-order valence-electron chi connectivity index (χ1n) is 7.35. The van der Waals surface area contributed by atoms with E-state index in [-0.39, 0.29) is 24.9 Å². The molecule has 0 aliphatic heterocycles. The largest absolute Gasteiger partial charge is 0.496 e. The van der Waals surface area contributed by atoms with E-state index in [1.165, 1.54) is 18.4 Å². The molecule has 134 valence electrons. The van der Waals surface area contributed by atoms with Gasteiger partial charge in [0.1, 0.15) is 11.5 Å². The number of carbonyl (C=O) groups excluding carboxylic acids is 1. The summed E-state index contributed by atoms with van der Waals surface area (Å²) >= 11 is 1.33. The highest BCUT2D eigenvalue weighted by Gasteiger charge is 2.10. The molecule has 8 nitrogen and oxygen atoms in total. The highest BCUT2D eigenvalue weighted by molar-refractivity contribution is 7.13. The number of guanidine groups is 1. The molecule has 0 fully saturated rings. The number of rotatable bonds is 7. The van der Waals surface area contributed by atoms with Gasteiger partial charge in [0.05, 0.1) is 45.6 Å². The molecule has 25 heavy (non-hydrogen) atoms. The van der Waals surface area contributed by atoms with Crippen LogP contribution >= 0.6 is 11.3 Å². The van der Waals surface area contributed by atoms with Gasteiger partial charge in [0.25, 0.3) is 0 Å². The Kier molecular flexibility index (Phi) is 6.58. The number of aromatic nitrogens is 1. The van der Waals surface area contributed by atoms with Crippen molar-refractivity contribution in [2.75, 3.05) is 26.6 Å². The van der Waals surface area contributed by atoms with Crippen LogP contribution < -0.4 is 20.5 Å². The van der Waals surface area contributed by atoms with Gasteiger partial charge in [-0.3, -0.25) is 4.79 Å². The van der Waals surface area contributed by atoms with E-state index in [0.717, 1.165) is 5.56 Å². The molecule has 0 spiro atoms. The normalized spacial score (nSPS) is 11.1. The van der Waals surface area contributed by atoms with Gasteiger partial charge in [-0.15, -0.1) is 11.3 Å². The lowest BCUT2D eigenvalue weighted by Crippen LogP contribution is -2.22. The molecule has 2 rings (SSSR count). The summed E-state index contributed by atoms with van der Waals surface area (Å²) in [5, 5.41) is 5.21. The van der Waals surface area contributed by atoms with Crippen LogP contribution in [0.4, 0.5) is 5.13 Å². The van der Waals surface area contributed by atoms with E-state index in [1.54, 1.807) is 19.6 Å². The Morgan fingerprint density at radius 1 is 1.28 bits per heavy atom. The number of nitrogens with one attached hydrogen (secondary N) is 1. The quantitative estimate of drug-likeness (QED) is 0.438. The lowest BCUT2D eigenvalue weighted by atomic mass is 10.2. The van der Waals surface area contributed by atoms with Crippen molar-refractivity contribution in [3.05, 3.63) is 34.8 Å². The molecule has 0 radical (unpaired) electrons. The number of esters is 1. The van der Waals surface area contributed by atoms with Gasteiger partial charge in [-0.1, -0.05) is 6.07 Å². The first-order chi connectivity index (χ1) is 12.1. The number of carbonyl (C=O) groups is 1. The number of benzene rings is 1. The zero-order valence-electron chi connectivity index (χ0n) is 14.2. The Balaban J connectivity index is 2.04. The van der Waals surface area contributed by atoms with Crippen molar-refractivity contribution in [3.8, 4) is 11.5 Å². The number of hydrogen-bond donors (Lipinski definition) is 2. The topological polar surface area (TPSA) is 108 Å². The van der Waals surface area contributed by atoms with Crippen LogP contribution in [0.1, 0.15) is 11.3 Å². The third-order valence-electron chi connectivity index (χ3n) is 3.28.